The smallest absolute Gasteiger partial charge is 0.163 e. The summed E-state index contributed by atoms with van der Waals surface area (Å²) in [5, 5.41) is 2.89. The van der Waals surface area contributed by atoms with Crippen molar-refractivity contribution in [3.8, 4) is 17.1 Å². The number of nitrogens with two attached hydrogens (primary N) is 1. The summed E-state index contributed by atoms with van der Waals surface area (Å²) >= 11 is 1.57. The van der Waals surface area contributed by atoms with E-state index in [4.69, 9.17) is 10.5 Å². The maximum atomic E-state index is 5.96. The van der Waals surface area contributed by atoms with Crippen LogP contribution >= 0.6 is 11.3 Å². The Balaban J connectivity index is 2.15. The molecule has 3 rings (SSSR count). The number of rotatable bonds is 2. The number of benzene rings is 1. The SMILES string of the molecule is COc1ccc(-c2nc(N)c3ccsc3n2)cc1C. The molecule has 0 unspecified atom stereocenters. The van der Waals surface area contributed by atoms with E-state index in [2.05, 4.69) is 9.97 Å². The third-order valence-electron chi connectivity index (χ3n) is 3.01. The van der Waals surface area contributed by atoms with Crippen molar-refractivity contribution in [3.63, 3.8) is 0 Å². The highest BCUT2D eigenvalue weighted by Gasteiger charge is 2.09. The topological polar surface area (TPSA) is 61.0 Å². The summed E-state index contributed by atoms with van der Waals surface area (Å²) in [6, 6.07) is 7.81. The zero-order chi connectivity index (χ0) is 13.4. The summed E-state index contributed by atoms with van der Waals surface area (Å²) in [5.74, 6) is 2.03. The van der Waals surface area contributed by atoms with Crippen LogP contribution in [0.5, 0.6) is 5.75 Å². The molecule has 5 heteroatoms. The van der Waals surface area contributed by atoms with Gasteiger partial charge in [-0.25, -0.2) is 9.97 Å². The van der Waals surface area contributed by atoms with E-state index >= 15 is 0 Å². The molecule has 0 saturated heterocycles. The van der Waals surface area contributed by atoms with E-state index in [9.17, 15) is 0 Å². The number of hydrogen-bond donors (Lipinski definition) is 1. The van der Waals surface area contributed by atoms with E-state index < -0.39 is 0 Å². The van der Waals surface area contributed by atoms with Crippen LogP contribution in [0.3, 0.4) is 0 Å². The third kappa shape index (κ3) is 2.02. The minimum atomic E-state index is 0.523. The molecule has 4 nitrogen and oxygen atoms in total. The predicted octanol–water partition coefficient (Wildman–Crippen LogP) is 3.26. The lowest BCUT2D eigenvalue weighted by Crippen LogP contribution is -1.96. The number of aryl methyl sites for hydroxylation is 1. The number of ether oxygens (including phenoxy) is 1. The number of fused-ring (bicyclic) bond motifs is 1. The van der Waals surface area contributed by atoms with Crippen molar-refractivity contribution in [2.75, 3.05) is 12.8 Å². The van der Waals surface area contributed by atoms with Crippen molar-refractivity contribution in [1.29, 1.82) is 0 Å². The highest BCUT2D eigenvalue weighted by atomic mass is 32.1. The average molecular weight is 271 g/mol. The first-order valence-corrected chi connectivity index (χ1v) is 6.72. The average Bonchev–Trinajstić information content (AvgIpc) is 2.87. The van der Waals surface area contributed by atoms with Crippen LogP contribution in [-0.4, -0.2) is 17.1 Å². The molecular weight excluding hydrogens is 258 g/mol. The van der Waals surface area contributed by atoms with Crippen molar-refractivity contribution >= 4 is 27.4 Å². The van der Waals surface area contributed by atoms with Crippen LogP contribution < -0.4 is 10.5 Å². The molecule has 2 aromatic heterocycles. The number of hydrogen-bond acceptors (Lipinski definition) is 5. The second-order valence-electron chi connectivity index (χ2n) is 4.26. The molecular formula is C14H13N3OS. The second-order valence-corrected chi connectivity index (χ2v) is 5.15. The van der Waals surface area contributed by atoms with Gasteiger partial charge in [-0.15, -0.1) is 11.3 Å². The standard InChI is InChI=1S/C14H13N3OS/c1-8-7-9(3-4-11(8)18-2)13-16-12(15)10-5-6-19-14(10)17-13/h3-7H,1-2H3,(H2,15,16,17). The summed E-state index contributed by atoms with van der Waals surface area (Å²) in [5.41, 5.74) is 7.96. The fourth-order valence-corrected chi connectivity index (χ4v) is 2.80. The first kappa shape index (κ1) is 11.9. The highest BCUT2D eigenvalue weighted by Crippen LogP contribution is 2.28. The Bertz CT molecular complexity index is 752. The quantitative estimate of drug-likeness (QED) is 0.777. The molecule has 1 aromatic carbocycles. The van der Waals surface area contributed by atoms with Gasteiger partial charge in [0.15, 0.2) is 5.82 Å². The Morgan fingerprint density at radius 3 is 2.79 bits per heavy atom. The summed E-state index contributed by atoms with van der Waals surface area (Å²) in [6.45, 7) is 2.00. The molecule has 0 bridgehead atoms. The van der Waals surface area contributed by atoms with E-state index in [0.717, 1.165) is 27.1 Å². The molecule has 0 spiro atoms. The summed E-state index contributed by atoms with van der Waals surface area (Å²) in [7, 11) is 1.66. The first-order chi connectivity index (χ1) is 9.19. The number of anilines is 1. The predicted molar refractivity (Wildman–Crippen MR) is 78.6 cm³/mol. The van der Waals surface area contributed by atoms with Gasteiger partial charge in [0.05, 0.1) is 12.5 Å². The van der Waals surface area contributed by atoms with Crippen molar-refractivity contribution in [2.45, 2.75) is 6.92 Å². The lowest BCUT2D eigenvalue weighted by Gasteiger charge is -2.07. The molecule has 3 aromatic rings. The molecule has 19 heavy (non-hydrogen) atoms. The van der Waals surface area contributed by atoms with E-state index in [1.807, 2.05) is 36.6 Å². The minimum absolute atomic E-state index is 0.523. The molecule has 0 aliphatic carbocycles. The number of aromatic nitrogens is 2. The van der Waals surface area contributed by atoms with E-state index in [1.54, 1.807) is 18.4 Å². The molecule has 2 heterocycles. The zero-order valence-electron chi connectivity index (χ0n) is 10.7. The first-order valence-electron chi connectivity index (χ1n) is 5.85. The van der Waals surface area contributed by atoms with Crippen molar-refractivity contribution in [2.24, 2.45) is 0 Å². The maximum absolute atomic E-state index is 5.96. The van der Waals surface area contributed by atoms with Crippen LogP contribution in [0.2, 0.25) is 0 Å². The Hall–Kier alpha value is -2.14. The zero-order valence-corrected chi connectivity index (χ0v) is 11.5. The van der Waals surface area contributed by atoms with Gasteiger partial charge >= 0.3 is 0 Å². The van der Waals surface area contributed by atoms with Crippen LogP contribution in [-0.2, 0) is 0 Å². The molecule has 0 radical (unpaired) electrons. The molecule has 2 N–H and O–H groups in total. The third-order valence-corrected chi connectivity index (χ3v) is 3.81. The number of thiophene rings is 1. The monoisotopic (exact) mass is 271 g/mol. The van der Waals surface area contributed by atoms with Crippen LogP contribution in [0.15, 0.2) is 29.6 Å². The van der Waals surface area contributed by atoms with E-state index in [1.165, 1.54) is 0 Å². The Morgan fingerprint density at radius 1 is 1.21 bits per heavy atom. The normalized spacial score (nSPS) is 10.8. The molecule has 96 valence electrons. The van der Waals surface area contributed by atoms with Crippen LogP contribution in [0.25, 0.3) is 21.6 Å². The lowest BCUT2D eigenvalue weighted by atomic mass is 10.1. The lowest BCUT2D eigenvalue weighted by molar-refractivity contribution is 0.412. The van der Waals surface area contributed by atoms with Crippen LogP contribution in [0.4, 0.5) is 5.82 Å². The summed E-state index contributed by atoms with van der Waals surface area (Å²) in [4.78, 5) is 9.84. The minimum Gasteiger partial charge on any atom is -0.496 e. The van der Waals surface area contributed by atoms with Gasteiger partial charge < -0.3 is 10.5 Å². The Kier molecular flexibility index (Phi) is 2.83. The molecule has 0 fully saturated rings. The van der Waals surface area contributed by atoms with Crippen molar-refractivity contribution in [3.05, 3.63) is 35.2 Å². The summed E-state index contributed by atoms with van der Waals surface area (Å²) in [6.07, 6.45) is 0. The molecule has 0 amide bonds. The van der Waals surface area contributed by atoms with Gasteiger partial charge in [0, 0.05) is 5.56 Å². The number of methoxy groups -OCH3 is 1. The van der Waals surface area contributed by atoms with Crippen molar-refractivity contribution < 1.29 is 4.74 Å². The van der Waals surface area contributed by atoms with Gasteiger partial charge in [-0.05, 0) is 42.1 Å². The van der Waals surface area contributed by atoms with Gasteiger partial charge in [0.2, 0.25) is 0 Å². The number of nitrogens with zero attached hydrogens (tertiary/aromatic N) is 2. The van der Waals surface area contributed by atoms with E-state index in [-0.39, 0.29) is 0 Å². The molecule has 0 aliphatic rings. The molecule has 0 saturated carbocycles. The van der Waals surface area contributed by atoms with Crippen molar-refractivity contribution in [1.82, 2.24) is 9.97 Å². The Morgan fingerprint density at radius 2 is 2.05 bits per heavy atom. The fourth-order valence-electron chi connectivity index (χ4n) is 2.02. The van der Waals surface area contributed by atoms with Crippen LogP contribution in [0, 0.1) is 6.92 Å². The molecule has 0 aliphatic heterocycles. The van der Waals surface area contributed by atoms with Gasteiger partial charge in [-0.3, -0.25) is 0 Å². The van der Waals surface area contributed by atoms with Crippen LogP contribution in [0.1, 0.15) is 5.56 Å². The van der Waals surface area contributed by atoms with E-state index in [0.29, 0.717) is 11.6 Å². The summed E-state index contributed by atoms with van der Waals surface area (Å²) < 4.78 is 5.25. The largest absolute Gasteiger partial charge is 0.496 e. The van der Waals surface area contributed by atoms with Gasteiger partial charge in [0.1, 0.15) is 16.4 Å². The van der Waals surface area contributed by atoms with Gasteiger partial charge in [-0.2, -0.15) is 0 Å². The Labute approximate surface area is 114 Å². The highest BCUT2D eigenvalue weighted by molar-refractivity contribution is 7.16. The maximum Gasteiger partial charge on any atom is 0.163 e. The van der Waals surface area contributed by atoms with Gasteiger partial charge in [-0.1, -0.05) is 0 Å². The van der Waals surface area contributed by atoms with Gasteiger partial charge in [0.25, 0.3) is 0 Å². The fraction of sp³-hybridized carbons (Fsp3) is 0.143. The number of nitrogen functional groups attached to an aromatic ring is 1. The second kappa shape index (κ2) is 4.51. The molecule has 0 atom stereocenters.